The summed E-state index contributed by atoms with van der Waals surface area (Å²) in [7, 11) is 0. The quantitative estimate of drug-likeness (QED) is 0.770. The normalized spacial score (nSPS) is 25.2. The zero-order chi connectivity index (χ0) is 20.3. The Morgan fingerprint density at radius 2 is 2.07 bits per heavy atom. The second-order valence-electron chi connectivity index (χ2n) is 7.76. The van der Waals surface area contributed by atoms with Gasteiger partial charge < -0.3 is 20.1 Å². The molecule has 7 nitrogen and oxygen atoms in total. The summed E-state index contributed by atoms with van der Waals surface area (Å²) in [5, 5.41) is 0. The number of anilines is 1. The molecule has 1 aliphatic carbocycles. The van der Waals surface area contributed by atoms with Crippen molar-refractivity contribution in [2.24, 2.45) is 5.73 Å². The maximum absolute atomic E-state index is 14.0. The lowest BCUT2D eigenvalue weighted by Gasteiger charge is -2.38. The van der Waals surface area contributed by atoms with Crippen LogP contribution in [-0.4, -0.2) is 30.8 Å². The van der Waals surface area contributed by atoms with Gasteiger partial charge in [-0.3, -0.25) is 9.59 Å². The van der Waals surface area contributed by atoms with Gasteiger partial charge >= 0.3 is 5.97 Å². The summed E-state index contributed by atoms with van der Waals surface area (Å²) in [6, 6.07) is 5.69. The molecule has 1 atom stereocenters. The summed E-state index contributed by atoms with van der Waals surface area (Å²) in [6.07, 6.45) is 3.10. The molecule has 2 N–H and O–H groups in total. The summed E-state index contributed by atoms with van der Waals surface area (Å²) in [5.41, 5.74) is 7.29. The van der Waals surface area contributed by atoms with Gasteiger partial charge in [-0.05, 0) is 31.7 Å². The highest BCUT2D eigenvalue weighted by Crippen LogP contribution is 2.57. The Bertz CT molecular complexity index is 1040. The van der Waals surface area contributed by atoms with E-state index in [0.717, 1.165) is 24.1 Å². The molecule has 0 unspecified atom stereocenters. The van der Waals surface area contributed by atoms with Crippen molar-refractivity contribution < 1.29 is 23.9 Å². The number of esters is 1. The highest BCUT2D eigenvalue weighted by atomic mass is 16.5. The molecule has 0 saturated carbocycles. The number of amides is 1. The zero-order valence-corrected chi connectivity index (χ0v) is 16.2. The van der Waals surface area contributed by atoms with Gasteiger partial charge in [0.05, 0.1) is 17.9 Å². The van der Waals surface area contributed by atoms with Gasteiger partial charge in [0, 0.05) is 24.9 Å². The number of rotatable bonds is 2. The second kappa shape index (κ2) is 6.20. The Kier molecular flexibility index (Phi) is 3.84. The summed E-state index contributed by atoms with van der Waals surface area (Å²) in [5.74, 6) is -0.955. The highest BCUT2D eigenvalue weighted by Gasteiger charge is 2.64. The molecule has 7 heteroatoms. The summed E-state index contributed by atoms with van der Waals surface area (Å²) in [6.45, 7) is 2.35. The van der Waals surface area contributed by atoms with E-state index < -0.39 is 11.4 Å². The Morgan fingerprint density at radius 1 is 1.24 bits per heavy atom. The van der Waals surface area contributed by atoms with Crippen LogP contribution in [0.5, 0.6) is 0 Å². The van der Waals surface area contributed by atoms with Gasteiger partial charge in [-0.15, -0.1) is 0 Å². The standard InChI is InChI=1S/C22H22N2O5/c1-2-28-20(26)17-19(23)29-15-10-4-9-14(25)16(15)22(17)13-8-3-6-12-7-5-11-24(18(12)13)21(22)27/h3,6,8H,2,4-5,7,9-11,23H2,1H3/t22-/m0/s1. The number of carbonyl (C=O) groups is 3. The molecule has 0 aromatic heterocycles. The largest absolute Gasteiger partial charge is 0.462 e. The van der Waals surface area contributed by atoms with Crippen LogP contribution in [0.1, 0.15) is 43.7 Å². The first-order valence-electron chi connectivity index (χ1n) is 10.1. The average Bonchev–Trinajstić information content (AvgIpc) is 2.94. The third-order valence-corrected chi connectivity index (χ3v) is 6.26. The Morgan fingerprint density at radius 3 is 2.86 bits per heavy atom. The minimum absolute atomic E-state index is 0.0684. The molecule has 4 aliphatic rings. The van der Waals surface area contributed by atoms with Gasteiger partial charge in [0.1, 0.15) is 16.7 Å². The van der Waals surface area contributed by atoms with Gasteiger partial charge in [0.15, 0.2) is 5.78 Å². The van der Waals surface area contributed by atoms with E-state index in [4.69, 9.17) is 15.2 Å². The maximum atomic E-state index is 14.0. The number of ether oxygens (including phenoxy) is 2. The summed E-state index contributed by atoms with van der Waals surface area (Å²) < 4.78 is 11.0. The van der Waals surface area contributed by atoms with Crippen molar-refractivity contribution in [2.45, 2.75) is 44.4 Å². The van der Waals surface area contributed by atoms with E-state index in [9.17, 15) is 14.4 Å². The molecular weight excluding hydrogens is 372 g/mol. The van der Waals surface area contributed by atoms with Crippen LogP contribution in [0.3, 0.4) is 0 Å². The summed E-state index contributed by atoms with van der Waals surface area (Å²) >= 11 is 0. The number of nitrogens with two attached hydrogens (primary N) is 1. The average molecular weight is 394 g/mol. The lowest BCUT2D eigenvalue weighted by atomic mass is 9.64. The smallest absolute Gasteiger partial charge is 0.341 e. The van der Waals surface area contributed by atoms with Crippen LogP contribution in [0.4, 0.5) is 5.69 Å². The third kappa shape index (κ3) is 2.15. The molecule has 0 saturated heterocycles. The fourth-order valence-electron chi connectivity index (χ4n) is 5.24. The highest BCUT2D eigenvalue weighted by molar-refractivity contribution is 6.23. The van der Waals surface area contributed by atoms with Gasteiger partial charge in [0.2, 0.25) is 11.8 Å². The molecule has 1 amide bonds. The fraction of sp³-hybridized carbons (Fsp3) is 0.409. The monoisotopic (exact) mass is 394 g/mol. The first kappa shape index (κ1) is 18.0. The predicted octanol–water partition coefficient (Wildman–Crippen LogP) is 1.99. The van der Waals surface area contributed by atoms with E-state index in [2.05, 4.69) is 0 Å². The molecule has 1 spiro atoms. The molecule has 150 valence electrons. The number of hydrogen-bond donors (Lipinski definition) is 1. The summed E-state index contributed by atoms with van der Waals surface area (Å²) in [4.78, 5) is 41.9. The Labute approximate surface area is 168 Å². The fourth-order valence-corrected chi connectivity index (χ4v) is 5.24. The minimum atomic E-state index is -1.59. The molecular formula is C22H22N2O5. The van der Waals surface area contributed by atoms with Gasteiger partial charge in [-0.25, -0.2) is 4.79 Å². The maximum Gasteiger partial charge on any atom is 0.341 e. The lowest BCUT2D eigenvalue weighted by molar-refractivity contribution is -0.141. The third-order valence-electron chi connectivity index (χ3n) is 6.26. The van der Waals surface area contributed by atoms with Crippen LogP contribution < -0.4 is 10.6 Å². The van der Waals surface area contributed by atoms with Crippen LogP contribution in [-0.2, 0) is 35.7 Å². The van der Waals surface area contributed by atoms with Crippen LogP contribution in [0.15, 0.2) is 41.0 Å². The number of Topliss-reactive ketones (excluding diaryl/α,β-unsaturated/α-hetero) is 1. The number of fused-ring (bicyclic) bond motifs is 2. The predicted molar refractivity (Wildman–Crippen MR) is 104 cm³/mol. The lowest BCUT2D eigenvalue weighted by Crippen LogP contribution is -2.51. The van der Waals surface area contributed by atoms with Crippen molar-refractivity contribution in [3.63, 3.8) is 0 Å². The van der Waals surface area contributed by atoms with Gasteiger partial charge in [-0.2, -0.15) is 0 Å². The van der Waals surface area contributed by atoms with E-state index in [1.807, 2.05) is 18.2 Å². The van der Waals surface area contributed by atoms with E-state index in [0.29, 0.717) is 37.1 Å². The molecule has 5 rings (SSSR count). The van der Waals surface area contributed by atoms with E-state index in [-0.39, 0.29) is 35.3 Å². The van der Waals surface area contributed by atoms with Crippen molar-refractivity contribution in [1.29, 1.82) is 0 Å². The topological polar surface area (TPSA) is 98.9 Å². The number of benzene rings is 1. The SMILES string of the molecule is CCOC(=O)C1=C(N)OC2=C(C(=O)CCC2)[C@]12C(=O)N1CCCc3cccc2c31. The van der Waals surface area contributed by atoms with Crippen molar-refractivity contribution in [2.75, 3.05) is 18.1 Å². The van der Waals surface area contributed by atoms with Crippen molar-refractivity contribution >= 4 is 23.3 Å². The van der Waals surface area contributed by atoms with Crippen LogP contribution in [0, 0.1) is 0 Å². The van der Waals surface area contributed by atoms with Crippen molar-refractivity contribution in [3.8, 4) is 0 Å². The second-order valence-corrected chi connectivity index (χ2v) is 7.76. The minimum Gasteiger partial charge on any atom is -0.462 e. The van der Waals surface area contributed by atoms with E-state index >= 15 is 0 Å². The van der Waals surface area contributed by atoms with Crippen LogP contribution in [0.25, 0.3) is 0 Å². The molecule has 1 aromatic rings. The van der Waals surface area contributed by atoms with E-state index in [1.165, 1.54) is 0 Å². The van der Waals surface area contributed by atoms with E-state index in [1.54, 1.807) is 11.8 Å². The molecule has 29 heavy (non-hydrogen) atoms. The van der Waals surface area contributed by atoms with Gasteiger partial charge in [0.25, 0.3) is 0 Å². The number of carbonyl (C=O) groups excluding carboxylic acids is 3. The molecule has 0 radical (unpaired) electrons. The van der Waals surface area contributed by atoms with Crippen LogP contribution in [0.2, 0.25) is 0 Å². The first-order valence-corrected chi connectivity index (χ1v) is 10.1. The van der Waals surface area contributed by atoms with Crippen molar-refractivity contribution in [1.82, 2.24) is 0 Å². The number of nitrogens with zero attached hydrogens (tertiary/aromatic N) is 1. The van der Waals surface area contributed by atoms with Gasteiger partial charge in [-0.1, -0.05) is 18.2 Å². The number of allylic oxidation sites excluding steroid dienone is 1. The Hall–Kier alpha value is -3.09. The number of ketones is 1. The first-order chi connectivity index (χ1) is 14.0. The number of hydrogen-bond acceptors (Lipinski definition) is 6. The Balaban J connectivity index is 1.88. The number of para-hydroxylation sites is 1. The molecule has 3 aliphatic heterocycles. The molecule has 1 aromatic carbocycles. The molecule has 3 heterocycles. The zero-order valence-electron chi connectivity index (χ0n) is 16.2. The molecule has 0 fully saturated rings. The number of aryl methyl sites for hydroxylation is 1. The molecule has 0 bridgehead atoms. The van der Waals surface area contributed by atoms with Crippen molar-refractivity contribution in [3.05, 3.63) is 52.1 Å². The van der Waals surface area contributed by atoms with Crippen LogP contribution >= 0.6 is 0 Å².